The Morgan fingerprint density at radius 2 is 1.72 bits per heavy atom. The van der Waals surface area contributed by atoms with Crippen molar-refractivity contribution in [2.75, 3.05) is 32.8 Å². The fourth-order valence-electron chi connectivity index (χ4n) is 5.55. The first kappa shape index (κ1) is 25.0. The van der Waals surface area contributed by atoms with Gasteiger partial charge in [-0.2, -0.15) is 0 Å². The minimum atomic E-state index is -0.676. The average Bonchev–Trinajstić information content (AvgIpc) is 3.27. The second-order valence-electron chi connectivity index (χ2n) is 10.3. The Morgan fingerprint density at radius 1 is 1.06 bits per heavy atom. The first-order valence-corrected chi connectivity index (χ1v) is 12.9. The van der Waals surface area contributed by atoms with Crippen molar-refractivity contribution in [3.05, 3.63) is 0 Å². The van der Waals surface area contributed by atoms with Gasteiger partial charge in [-0.25, -0.2) is 4.79 Å². The summed E-state index contributed by atoms with van der Waals surface area (Å²) >= 11 is 0. The molecule has 3 fully saturated rings. The molecule has 3 amide bonds. The molecule has 0 aromatic heterocycles. The van der Waals surface area contributed by atoms with E-state index in [0.29, 0.717) is 39.3 Å². The van der Waals surface area contributed by atoms with E-state index in [1.165, 1.54) is 19.3 Å². The van der Waals surface area contributed by atoms with Crippen LogP contribution in [-0.2, 0) is 14.3 Å². The summed E-state index contributed by atoms with van der Waals surface area (Å²) in [4.78, 5) is 43.8. The molecule has 3 rings (SSSR count). The molecule has 7 heteroatoms. The Balaban J connectivity index is 1.77. The summed E-state index contributed by atoms with van der Waals surface area (Å²) in [7, 11) is 0. The second kappa shape index (κ2) is 12.0. The van der Waals surface area contributed by atoms with Gasteiger partial charge < -0.3 is 19.9 Å². The van der Waals surface area contributed by atoms with Crippen molar-refractivity contribution in [1.82, 2.24) is 15.1 Å². The van der Waals surface area contributed by atoms with E-state index >= 15 is 0 Å². The average molecular weight is 450 g/mol. The summed E-state index contributed by atoms with van der Waals surface area (Å²) in [6.07, 6.45) is 12.0. The highest BCUT2D eigenvalue weighted by Crippen LogP contribution is 2.36. The molecule has 0 radical (unpaired) electrons. The van der Waals surface area contributed by atoms with Gasteiger partial charge in [-0.1, -0.05) is 58.8 Å². The van der Waals surface area contributed by atoms with Crippen molar-refractivity contribution in [3.8, 4) is 0 Å². The predicted octanol–water partition coefficient (Wildman–Crippen LogP) is 3.90. The number of unbranched alkanes of at least 4 members (excludes halogenated alkanes) is 1. The quantitative estimate of drug-likeness (QED) is 0.542. The zero-order valence-electron chi connectivity index (χ0n) is 20.2. The maximum Gasteiger partial charge on any atom is 0.321 e. The number of carbonyl (C=O) groups excluding carboxylic acids is 3. The van der Waals surface area contributed by atoms with Gasteiger partial charge in [-0.05, 0) is 37.5 Å². The molecule has 0 spiro atoms. The maximum absolute atomic E-state index is 13.7. The molecule has 32 heavy (non-hydrogen) atoms. The molecule has 182 valence electrons. The number of carbonyl (C=O) groups is 3. The standard InChI is InChI=1S/C25H43N3O4/c1-3-4-12-21(22(29)23(30)26-19-25(2)13-8-9-14-25)28(20-10-6-5-7-11-20)24(31)27-15-17-32-18-16-27/h20-21H,3-19H2,1-2H3,(H,26,30)/t21-/m0/s1. The lowest BCUT2D eigenvalue weighted by Crippen LogP contribution is -2.59. The summed E-state index contributed by atoms with van der Waals surface area (Å²) < 4.78 is 5.43. The molecule has 0 aromatic carbocycles. The normalized spacial score (nSPS) is 22.4. The van der Waals surface area contributed by atoms with E-state index in [1.807, 2.05) is 4.90 Å². The Morgan fingerprint density at radius 3 is 2.34 bits per heavy atom. The van der Waals surface area contributed by atoms with E-state index in [1.54, 1.807) is 4.90 Å². The number of Topliss-reactive ketones (excluding diaryl/α,β-unsaturated/α-hetero) is 1. The number of ether oxygens (including phenoxy) is 1. The largest absolute Gasteiger partial charge is 0.378 e. The van der Waals surface area contributed by atoms with Gasteiger partial charge in [0.05, 0.1) is 13.2 Å². The summed E-state index contributed by atoms with van der Waals surface area (Å²) in [6.45, 7) is 6.95. The van der Waals surface area contributed by atoms with Gasteiger partial charge in [-0.3, -0.25) is 9.59 Å². The third-order valence-corrected chi connectivity index (χ3v) is 7.65. The topological polar surface area (TPSA) is 79.0 Å². The fraction of sp³-hybridized carbons (Fsp3) is 0.880. The molecule has 2 aliphatic carbocycles. The van der Waals surface area contributed by atoms with Gasteiger partial charge in [0.25, 0.3) is 5.91 Å². The monoisotopic (exact) mass is 449 g/mol. The molecule has 7 nitrogen and oxygen atoms in total. The van der Waals surface area contributed by atoms with Crippen molar-refractivity contribution in [1.29, 1.82) is 0 Å². The molecular weight excluding hydrogens is 406 g/mol. The van der Waals surface area contributed by atoms with Crippen LogP contribution in [0, 0.1) is 5.41 Å². The Hall–Kier alpha value is -1.63. The van der Waals surface area contributed by atoms with Crippen molar-refractivity contribution in [2.24, 2.45) is 5.41 Å². The SMILES string of the molecule is CCCC[C@@H](C(=O)C(=O)NCC1(C)CCCC1)N(C(=O)N1CCOCC1)C1CCCCC1. The van der Waals surface area contributed by atoms with Crippen molar-refractivity contribution in [2.45, 2.75) is 103 Å². The highest BCUT2D eigenvalue weighted by molar-refractivity contribution is 6.38. The predicted molar refractivity (Wildman–Crippen MR) is 124 cm³/mol. The van der Waals surface area contributed by atoms with Crippen LogP contribution in [0.5, 0.6) is 0 Å². The number of hydrogen-bond donors (Lipinski definition) is 1. The fourth-order valence-corrected chi connectivity index (χ4v) is 5.55. The van der Waals surface area contributed by atoms with Crippen LogP contribution in [0.3, 0.4) is 0 Å². The Bertz CT molecular complexity index is 635. The van der Waals surface area contributed by atoms with Crippen molar-refractivity contribution in [3.63, 3.8) is 0 Å². The van der Waals surface area contributed by atoms with E-state index in [4.69, 9.17) is 4.74 Å². The summed E-state index contributed by atoms with van der Waals surface area (Å²) in [5.41, 5.74) is 0.0849. The molecule has 3 aliphatic rings. The maximum atomic E-state index is 13.7. The van der Waals surface area contributed by atoms with Gasteiger partial charge in [0, 0.05) is 25.7 Å². The molecule has 1 heterocycles. The van der Waals surface area contributed by atoms with Gasteiger partial charge in [0.2, 0.25) is 5.78 Å². The van der Waals surface area contributed by atoms with Crippen LogP contribution in [0.2, 0.25) is 0 Å². The van der Waals surface area contributed by atoms with Crippen LogP contribution in [0.1, 0.15) is 90.9 Å². The minimum absolute atomic E-state index is 0.0325. The molecule has 1 saturated heterocycles. The van der Waals surface area contributed by atoms with E-state index < -0.39 is 17.7 Å². The number of urea groups is 1. The molecule has 1 N–H and O–H groups in total. The van der Waals surface area contributed by atoms with E-state index in [2.05, 4.69) is 19.2 Å². The number of nitrogens with one attached hydrogen (secondary N) is 1. The summed E-state index contributed by atoms with van der Waals surface area (Å²) in [6, 6.07) is -0.736. The number of amides is 3. The third kappa shape index (κ3) is 6.46. The van der Waals surface area contributed by atoms with Gasteiger partial charge in [-0.15, -0.1) is 0 Å². The Labute approximate surface area is 193 Å². The highest BCUT2D eigenvalue weighted by atomic mass is 16.5. The summed E-state index contributed by atoms with van der Waals surface area (Å²) in [5, 5.41) is 2.94. The molecular formula is C25H43N3O4. The van der Waals surface area contributed by atoms with Crippen LogP contribution in [0.25, 0.3) is 0 Å². The lowest BCUT2D eigenvalue weighted by molar-refractivity contribution is -0.141. The van der Waals surface area contributed by atoms with Crippen LogP contribution >= 0.6 is 0 Å². The number of rotatable bonds is 9. The van der Waals surface area contributed by atoms with Gasteiger partial charge in [0.1, 0.15) is 6.04 Å². The molecule has 1 aliphatic heterocycles. The van der Waals surface area contributed by atoms with Gasteiger partial charge in [0.15, 0.2) is 0 Å². The Kier molecular flexibility index (Phi) is 9.38. The lowest BCUT2D eigenvalue weighted by Gasteiger charge is -2.42. The van der Waals surface area contributed by atoms with Crippen LogP contribution in [-0.4, -0.2) is 72.5 Å². The molecule has 0 aromatic rings. The molecule has 1 atom stereocenters. The minimum Gasteiger partial charge on any atom is -0.378 e. The van der Waals surface area contributed by atoms with Crippen LogP contribution < -0.4 is 5.32 Å². The number of nitrogens with zero attached hydrogens (tertiary/aromatic N) is 2. The van der Waals surface area contributed by atoms with Gasteiger partial charge >= 0.3 is 6.03 Å². The molecule has 0 bridgehead atoms. The summed E-state index contributed by atoms with van der Waals surface area (Å²) in [5.74, 6) is -0.956. The van der Waals surface area contributed by atoms with Crippen LogP contribution in [0.4, 0.5) is 4.79 Å². The number of hydrogen-bond acceptors (Lipinski definition) is 4. The third-order valence-electron chi connectivity index (χ3n) is 7.65. The second-order valence-corrected chi connectivity index (χ2v) is 10.3. The molecule has 0 unspecified atom stereocenters. The number of ketones is 1. The zero-order chi connectivity index (χ0) is 23.0. The first-order chi connectivity index (χ1) is 15.4. The first-order valence-electron chi connectivity index (χ1n) is 12.9. The number of morpholine rings is 1. The molecule has 2 saturated carbocycles. The van der Waals surface area contributed by atoms with E-state index in [-0.39, 0.29) is 17.5 Å². The highest BCUT2D eigenvalue weighted by Gasteiger charge is 2.40. The van der Waals surface area contributed by atoms with E-state index in [0.717, 1.165) is 51.4 Å². The smallest absolute Gasteiger partial charge is 0.321 e. The van der Waals surface area contributed by atoms with Crippen LogP contribution in [0.15, 0.2) is 0 Å². The lowest BCUT2D eigenvalue weighted by atomic mass is 9.88. The van der Waals surface area contributed by atoms with Crippen molar-refractivity contribution >= 4 is 17.7 Å². The van der Waals surface area contributed by atoms with E-state index in [9.17, 15) is 14.4 Å². The zero-order valence-corrected chi connectivity index (χ0v) is 20.2. The van der Waals surface area contributed by atoms with Crippen molar-refractivity contribution < 1.29 is 19.1 Å².